The number of esters is 1. The Morgan fingerprint density at radius 1 is 0.944 bits per heavy atom. The number of aliphatic hydroxyl groups is 1. The van der Waals surface area contributed by atoms with E-state index < -0.39 is 37.3 Å². The molecule has 0 aromatic heterocycles. The standard InChI is InChI=1S/C43H58NO9P/c1-10-52-54(49,53-11-2)37(28-12-14-29(50-9)15-13-28)44-35(46)26-51-38(48)40(5)19-18-39(4)20-22-42(7)33-17-16-30-27(3)36(47)32(45)24-31(30)41(33,6)21-23-43(42,8)34(39)25-40/h12-17,24,34,37,47H,10-11,18-23,25-26H2,1-9H3,(H,44,46)/t34-,37?,39-,40-,41+,42-,43+/m1/s1. The van der Waals surface area contributed by atoms with Crippen LogP contribution in [-0.4, -0.2) is 49.7 Å². The smallest absolute Gasteiger partial charge is 0.357 e. The van der Waals surface area contributed by atoms with Gasteiger partial charge in [-0.25, -0.2) is 0 Å². The molecule has 3 fully saturated rings. The summed E-state index contributed by atoms with van der Waals surface area (Å²) in [5, 5.41) is 13.3. The maximum atomic E-state index is 14.1. The predicted octanol–water partition coefficient (Wildman–Crippen LogP) is 9.25. The summed E-state index contributed by atoms with van der Waals surface area (Å²) in [5.41, 5.74) is 2.96. The van der Waals surface area contributed by atoms with Crippen molar-refractivity contribution in [1.82, 2.24) is 5.32 Å². The summed E-state index contributed by atoms with van der Waals surface area (Å²) in [6.45, 7) is 16.3. The van der Waals surface area contributed by atoms with Crippen LogP contribution < -0.4 is 10.1 Å². The van der Waals surface area contributed by atoms with E-state index in [1.807, 2.05) is 13.8 Å². The van der Waals surface area contributed by atoms with Gasteiger partial charge < -0.3 is 28.9 Å². The first kappa shape index (κ1) is 40.2. The minimum atomic E-state index is -3.86. The SMILES string of the molecule is CCOP(=O)(OCC)C(NC(=O)COC(=O)[C@]1(C)CC[C@]2(C)CC[C@]3(C)C4=CC=C5C(=CC(=O)C(O)=C5C)[C@]4(C)CC[C@@]3(C)[C@@H]2C1)c1ccc(OC)cc1. The number of ether oxygens (including phenoxy) is 2. The second-order valence-electron chi connectivity index (χ2n) is 17.3. The summed E-state index contributed by atoms with van der Waals surface area (Å²) in [4.78, 5) is 40.4. The summed E-state index contributed by atoms with van der Waals surface area (Å²) in [7, 11) is -2.31. The highest BCUT2D eigenvalue weighted by molar-refractivity contribution is 7.54. The molecule has 0 saturated heterocycles. The van der Waals surface area contributed by atoms with Gasteiger partial charge in [-0.3, -0.25) is 18.9 Å². The summed E-state index contributed by atoms with van der Waals surface area (Å²) < 4.78 is 36.3. The molecule has 54 heavy (non-hydrogen) atoms. The van der Waals surface area contributed by atoms with E-state index in [1.54, 1.807) is 51.3 Å². The van der Waals surface area contributed by atoms with Crippen LogP contribution in [0, 0.1) is 33.0 Å². The number of fused-ring (bicyclic) bond motifs is 7. The van der Waals surface area contributed by atoms with Gasteiger partial charge >= 0.3 is 13.6 Å². The van der Waals surface area contributed by atoms with Gasteiger partial charge in [0.25, 0.3) is 5.91 Å². The number of carbonyl (C=O) groups is 3. The molecule has 3 saturated carbocycles. The molecule has 1 aromatic rings. The quantitative estimate of drug-likeness (QED) is 0.167. The van der Waals surface area contributed by atoms with Gasteiger partial charge in [-0.1, -0.05) is 57.6 Å². The van der Waals surface area contributed by atoms with Gasteiger partial charge in [-0.2, -0.15) is 0 Å². The number of hydrogen-bond acceptors (Lipinski definition) is 9. The Morgan fingerprint density at radius 2 is 1.59 bits per heavy atom. The van der Waals surface area contributed by atoms with Gasteiger partial charge in [-0.15, -0.1) is 0 Å². The third-order valence-corrected chi connectivity index (χ3v) is 16.7. The van der Waals surface area contributed by atoms with Gasteiger partial charge in [0.1, 0.15) is 5.75 Å². The Hall–Kier alpha value is -3.46. The summed E-state index contributed by atoms with van der Waals surface area (Å²) in [6, 6.07) is 6.80. The molecule has 0 spiro atoms. The lowest BCUT2D eigenvalue weighted by atomic mass is 9.34. The van der Waals surface area contributed by atoms with E-state index in [9.17, 15) is 24.1 Å². The fourth-order valence-corrected chi connectivity index (χ4v) is 12.8. The largest absolute Gasteiger partial charge is 0.504 e. The molecule has 11 heteroatoms. The van der Waals surface area contributed by atoms with Crippen molar-refractivity contribution in [2.45, 2.75) is 106 Å². The molecule has 5 aliphatic carbocycles. The summed E-state index contributed by atoms with van der Waals surface area (Å²) in [6.07, 6.45) is 11.9. The summed E-state index contributed by atoms with van der Waals surface area (Å²) >= 11 is 0. The van der Waals surface area contributed by atoms with Crippen LogP contribution in [0.3, 0.4) is 0 Å². The fraction of sp³-hybridized carbons (Fsp3) is 0.605. The molecule has 0 heterocycles. The fourth-order valence-electron chi connectivity index (χ4n) is 10.8. The highest BCUT2D eigenvalue weighted by Gasteiger charge is 2.67. The molecule has 2 N–H and O–H groups in total. The minimum absolute atomic E-state index is 0.0336. The number of hydrogen-bond donors (Lipinski definition) is 2. The molecule has 10 nitrogen and oxygen atoms in total. The van der Waals surface area contributed by atoms with Crippen LogP contribution in [0.5, 0.6) is 5.75 Å². The van der Waals surface area contributed by atoms with E-state index in [-0.39, 0.29) is 52.3 Å². The molecule has 0 bridgehead atoms. The Labute approximate surface area is 320 Å². The third-order valence-electron chi connectivity index (χ3n) is 14.4. The van der Waals surface area contributed by atoms with Crippen LogP contribution in [0.2, 0.25) is 0 Å². The molecule has 0 radical (unpaired) electrons. The molecule has 1 aromatic carbocycles. The Bertz CT molecular complexity index is 1890. The van der Waals surface area contributed by atoms with E-state index in [1.165, 1.54) is 5.57 Å². The maximum absolute atomic E-state index is 14.1. The number of methoxy groups -OCH3 is 1. The van der Waals surface area contributed by atoms with Crippen LogP contribution in [0.4, 0.5) is 0 Å². The topological polar surface area (TPSA) is 137 Å². The van der Waals surface area contributed by atoms with Crippen molar-refractivity contribution in [3.8, 4) is 5.75 Å². The van der Waals surface area contributed by atoms with E-state index in [2.05, 4.69) is 45.2 Å². The molecule has 0 aliphatic heterocycles. The summed E-state index contributed by atoms with van der Waals surface area (Å²) in [5.74, 6) is -1.85. The van der Waals surface area contributed by atoms with Crippen molar-refractivity contribution in [2.24, 2.45) is 33.0 Å². The number of rotatable bonds is 11. The van der Waals surface area contributed by atoms with Crippen LogP contribution in [-0.2, 0) is 32.7 Å². The Kier molecular flexibility index (Phi) is 10.6. The predicted molar refractivity (Wildman–Crippen MR) is 207 cm³/mol. The van der Waals surface area contributed by atoms with Crippen molar-refractivity contribution < 1.29 is 42.6 Å². The average Bonchev–Trinajstić information content (AvgIpc) is 3.14. The first-order valence-electron chi connectivity index (χ1n) is 19.4. The van der Waals surface area contributed by atoms with Crippen LogP contribution >= 0.6 is 7.60 Å². The zero-order valence-electron chi connectivity index (χ0n) is 33.4. The molecule has 294 valence electrons. The average molecular weight is 764 g/mol. The van der Waals surface area contributed by atoms with E-state index >= 15 is 0 Å². The third kappa shape index (κ3) is 6.34. The normalized spacial score (nSPS) is 33.8. The highest BCUT2D eigenvalue weighted by Crippen LogP contribution is 2.75. The van der Waals surface area contributed by atoms with E-state index in [4.69, 9.17) is 18.5 Å². The number of benzene rings is 1. The van der Waals surface area contributed by atoms with Crippen molar-refractivity contribution in [1.29, 1.82) is 0 Å². The molecular formula is C43H58NO9P. The second-order valence-corrected chi connectivity index (χ2v) is 19.4. The lowest BCUT2D eigenvalue weighted by Crippen LogP contribution is -2.62. The minimum Gasteiger partial charge on any atom is -0.504 e. The van der Waals surface area contributed by atoms with Gasteiger partial charge in [0.2, 0.25) is 5.78 Å². The second kappa shape index (κ2) is 14.2. The first-order chi connectivity index (χ1) is 25.3. The van der Waals surface area contributed by atoms with Crippen molar-refractivity contribution in [2.75, 3.05) is 26.9 Å². The zero-order valence-corrected chi connectivity index (χ0v) is 34.3. The Balaban J connectivity index is 1.22. The maximum Gasteiger partial charge on any atom is 0.357 e. The first-order valence-corrected chi connectivity index (χ1v) is 21.1. The number of nitrogens with one attached hydrogen (secondary N) is 1. The molecule has 1 unspecified atom stereocenters. The molecule has 1 amide bonds. The van der Waals surface area contributed by atoms with Gasteiger partial charge in [0.05, 0.1) is 25.7 Å². The number of ketones is 1. The van der Waals surface area contributed by atoms with Crippen molar-refractivity contribution in [3.05, 3.63) is 76.1 Å². The number of amides is 1. The lowest BCUT2D eigenvalue weighted by Gasteiger charge is -2.70. The van der Waals surface area contributed by atoms with Crippen LogP contribution in [0.25, 0.3) is 0 Å². The highest BCUT2D eigenvalue weighted by atomic mass is 31.2. The zero-order chi connectivity index (χ0) is 39.5. The number of allylic oxidation sites excluding steroid dienone is 7. The van der Waals surface area contributed by atoms with Crippen molar-refractivity contribution in [3.63, 3.8) is 0 Å². The number of carbonyl (C=O) groups excluding carboxylic acids is 3. The molecule has 5 aliphatic rings. The number of aliphatic hydroxyl groups excluding tert-OH is 1. The lowest BCUT2D eigenvalue weighted by molar-refractivity contribution is -0.183. The molecular weight excluding hydrogens is 705 g/mol. The van der Waals surface area contributed by atoms with E-state index in [0.717, 1.165) is 43.3 Å². The van der Waals surface area contributed by atoms with Crippen LogP contribution in [0.1, 0.15) is 112 Å². The Morgan fingerprint density at radius 3 is 2.22 bits per heavy atom. The molecule has 7 atom stereocenters. The van der Waals surface area contributed by atoms with Crippen molar-refractivity contribution >= 4 is 25.3 Å². The van der Waals surface area contributed by atoms with E-state index in [0.29, 0.717) is 29.7 Å². The van der Waals surface area contributed by atoms with Gasteiger partial charge in [-0.05, 0) is 130 Å². The van der Waals surface area contributed by atoms with Crippen LogP contribution in [0.15, 0.2) is 70.5 Å². The monoisotopic (exact) mass is 763 g/mol. The molecule has 6 rings (SSSR count). The van der Waals surface area contributed by atoms with Gasteiger partial charge in [0.15, 0.2) is 18.1 Å². The van der Waals surface area contributed by atoms with Gasteiger partial charge in [0, 0.05) is 11.0 Å².